The van der Waals surface area contributed by atoms with Crippen LogP contribution in [0.25, 0.3) is 10.9 Å². The van der Waals surface area contributed by atoms with Gasteiger partial charge < -0.3 is 19.7 Å². The number of carbonyl (C=O) groups is 1. The predicted octanol–water partition coefficient (Wildman–Crippen LogP) is 5.52. The van der Waals surface area contributed by atoms with Crippen LogP contribution in [0.15, 0.2) is 18.3 Å². The van der Waals surface area contributed by atoms with Crippen molar-refractivity contribution in [2.24, 2.45) is 5.92 Å². The Hall–Kier alpha value is -2.08. The maximum atomic E-state index is 15.3. The summed E-state index contributed by atoms with van der Waals surface area (Å²) in [7, 11) is 0. The molecule has 6 heteroatoms. The third-order valence-corrected chi connectivity index (χ3v) is 6.92. The number of benzene rings is 1. The lowest BCUT2D eigenvalue weighted by atomic mass is 9.82. The van der Waals surface area contributed by atoms with Gasteiger partial charge in [-0.05, 0) is 82.4 Å². The Morgan fingerprint density at radius 3 is 2.69 bits per heavy atom. The summed E-state index contributed by atoms with van der Waals surface area (Å²) in [5.74, 6) is 0.405. The summed E-state index contributed by atoms with van der Waals surface area (Å²) in [6.07, 6.45) is 6.63. The van der Waals surface area contributed by atoms with E-state index >= 15 is 4.39 Å². The third kappa shape index (κ3) is 4.95. The number of nitrogens with zero attached hydrogens (tertiary/aromatic N) is 1. The Balaban J connectivity index is 1.55. The molecule has 1 aromatic carbocycles. The van der Waals surface area contributed by atoms with E-state index in [4.69, 9.17) is 4.74 Å². The van der Waals surface area contributed by atoms with E-state index in [0.29, 0.717) is 29.9 Å². The molecule has 5 nitrogen and oxygen atoms in total. The second-order valence-electron chi connectivity index (χ2n) is 10.9. The molecule has 1 saturated heterocycles. The van der Waals surface area contributed by atoms with E-state index in [9.17, 15) is 9.90 Å². The molecule has 2 N–H and O–H groups in total. The molecule has 2 fully saturated rings. The first-order valence-electron chi connectivity index (χ1n) is 12.0. The van der Waals surface area contributed by atoms with Crippen molar-refractivity contribution in [3.63, 3.8) is 0 Å². The molecule has 32 heavy (non-hydrogen) atoms. The van der Waals surface area contributed by atoms with E-state index in [1.165, 1.54) is 0 Å². The zero-order chi connectivity index (χ0) is 23.2. The van der Waals surface area contributed by atoms with Crippen LogP contribution in [0.2, 0.25) is 0 Å². The number of aromatic nitrogens is 1. The van der Waals surface area contributed by atoms with Crippen molar-refractivity contribution in [1.29, 1.82) is 0 Å². The van der Waals surface area contributed by atoms with E-state index in [1.807, 2.05) is 24.1 Å². The summed E-state index contributed by atoms with van der Waals surface area (Å²) < 4.78 is 21.0. The molecule has 1 aliphatic carbocycles. The fourth-order valence-corrected chi connectivity index (χ4v) is 5.45. The summed E-state index contributed by atoms with van der Waals surface area (Å²) >= 11 is 0. The average molecular weight is 445 g/mol. The molecular weight excluding hydrogens is 407 g/mol. The number of piperidine rings is 1. The summed E-state index contributed by atoms with van der Waals surface area (Å²) in [6.45, 7) is 9.91. The van der Waals surface area contributed by atoms with Gasteiger partial charge in [-0.3, -0.25) is 4.79 Å². The van der Waals surface area contributed by atoms with Crippen molar-refractivity contribution >= 4 is 16.8 Å². The lowest BCUT2D eigenvalue weighted by molar-refractivity contribution is -0.140. The second-order valence-corrected chi connectivity index (χ2v) is 10.9. The molecule has 0 radical (unpaired) electrons. The molecule has 0 spiro atoms. The number of aromatic amines is 1. The van der Waals surface area contributed by atoms with Crippen LogP contribution in [0.5, 0.6) is 5.75 Å². The highest BCUT2D eigenvalue weighted by atomic mass is 19.1. The number of carbonyl (C=O) groups excluding carboxylic acids is 1. The lowest BCUT2D eigenvalue weighted by Crippen LogP contribution is -2.53. The first-order chi connectivity index (χ1) is 15.0. The number of halogens is 1. The molecule has 2 aromatic rings. The molecule has 2 heterocycles. The van der Waals surface area contributed by atoms with Gasteiger partial charge in [0.25, 0.3) is 0 Å². The van der Waals surface area contributed by atoms with Crippen LogP contribution < -0.4 is 4.74 Å². The number of rotatable bonds is 7. The second kappa shape index (κ2) is 8.69. The highest BCUT2D eigenvalue weighted by Gasteiger charge is 2.37. The number of likely N-dealkylation sites (tertiary alicyclic amines) is 1. The van der Waals surface area contributed by atoms with Gasteiger partial charge in [0.05, 0.1) is 11.7 Å². The average Bonchev–Trinajstić information content (AvgIpc) is 3.37. The van der Waals surface area contributed by atoms with Gasteiger partial charge in [0, 0.05) is 35.6 Å². The first-order valence-corrected chi connectivity index (χ1v) is 12.0. The maximum absolute atomic E-state index is 15.3. The van der Waals surface area contributed by atoms with Crippen molar-refractivity contribution in [1.82, 2.24) is 9.88 Å². The molecule has 4 atom stereocenters. The number of hydrogen-bond acceptors (Lipinski definition) is 3. The van der Waals surface area contributed by atoms with Crippen molar-refractivity contribution in [2.45, 2.75) is 103 Å². The molecule has 176 valence electrons. The fourth-order valence-electron chi connectivity index (χ4n) is 5.45. The SMILES string of the molecule is CC1CC(C)N(C(=O)CC(C)c2c[nH]c3ccc(OC4CC4)c(F)c23)C(CC(C)(C)O)C1. The normalized spacial score (nSPS) is 25.2. The van der Waals surface area contributed by atoms with E-state index in [0.717, 1.165) is 36.8 Å². The highest BCUT2D eigenvalue weighted by Crippen LogP contribution is 2.38. The molecule has 4 unspecified atom stereocenters. The summed E-state index contributed by atoms with van der Waals surface area (Å²) in [4.78, 5) is 18.6. The molecule has 1 saturated carbocycles. The van der Waals surface area contributed by atoms with E-state index in [1.54, 1.807) is 19.9 Å². The van der Waals surface area contributed by atoms with E-state index in [2.05, 4.69) is 18.8 Å². The van der Waals surface area contributed by atoms with Gasteiger partial charge in [0.2, 0.25) is 5.91 Å². The Kier molecular flexibility index (Phi) is 6.27. The summed E-state index contributed by atoms with van der Waals surface area (Å²) in [5, 5.41) is 10.9. The zero-order valence-electron chi connectivity index (χ0n) is 20.0. The molecule has 4 rings (SSSR count). The smallest absolute Gasteiger partial charge is 0.223 e. The quantitative estimate of drug-likeness (QED) is 0.591. The number of nitrogens with one attached hydrogen (secondary N) is 1. The van der Waals surface area contributed by atoms with Gasteiger partial charge in [0.1, 0.15) is 0 Å². The Morgan fingerprint density at radius 2 is 2.03 bits per heavy atom. The van der Waals surface area contributed by atoms with Gasteiger partial charge >= 0.3 is 0 Å². The number of ether oxygens (including phenoxy) is 1. The Bertz CT molecular complexity index is 975. The number of fused-ring (bicyclic) bond motifs is 1. The number of aliphatic hydroxyl groups is 1. The van der Waals surface area contributed by atoms with Crippen molar-refractivity contribution < 1.29 is 19.0 Å². The third-order valence-electron chi connectivity index (χ3n) is 6.92. The zero-order valence-corrected chi connectivity index (χ0v) is 20.0. The van der Waals surface area contributed by atoms with Gasteiger partial charge in [0.15, 0.2) is 11.6 Å². The first kappa shape index (κ1) is 23.1. The molecular formula is C26H37FN2O3. The standard InChI is InChI=1S/C26H37FN2O3/c1-15-10-17(3)29(18(11-15)13-26(4,5)31)23(30)12-16(2)20-14-28-21-8-9-22(25(27)24(20)21)32-19-6-7-19/h8-9,14-19,28,31H,6-7,10-13H2,1-5H3. The molecule has 2 aliphatic rings. The van der Waals surface area contributed by atoms with Crippen LogP contribution in [-0.4, -0.2) is 44.7 Å². The molecule has 1 aliphatic heterocycles. The summed E-state index contributed by atoms with van der Waals surface area (Å²) in [5.41, 5.74) is 0.702. The number of amides is 1. The monoisotopic (exact) mass is 444 g/mol. The van der Waals surface area contributed by atoms with Crippen LogP contribution >= 0.6 is 0 Å². The van der Waals surface area contributed by atoms with Crippen molar-refractivity contribution in [2.75, 3.05) is 0 Å². The fraction of sp³-hybridized carbons (Fsp3) is 0.654. The molecule has 1 amide bonds. The van der Waals surface area contributed by atoms with Gasteiger partial charge in [-0.1, -0.05) is 13.8 Å². The van der Waals surface area contributed by atoms with E-state index in [-0.39, 0.29) is 35.8 Å². The summed E-state index contributed by atoms with van der Waals surface area (Å²) in [6, 6.07) is 3.68. The van der Waals surface area contributed by atoms with Crippen molar-refractivity contribution in [3.8, 4) is 5.75 Å². The van der Waals surface area contributed by atoms with Crippen molar-refractivity contribution in [3.05, 3.63) is 29.7 Å². The maximum Gasteiger partial charge on any atom is 0.223 e. The molecule has 1 aromatic heterocycles. The number of hydrogen-bond donors (Lipinski definition) is 2. The van der Waals surface area contributed by atoms with Gasteiger partial charge in [-0.15, -0.1) is 0 Å². The number of H-pyrrole nitrogens is 1. The Morgan fingerprint density at radius 1 is 1.31 bits per heavy atom. The van der Waals surface area contributed by atoms with Crippen LogP contribution in [0.4, 0.5) is 4.39 Å². The topological polar surface area (TPSA) is 65.6 Å². The minimum Gasteiger partial charge on any atom is -0.487 e. The molecule has 0 bridgehead atoms. The Labute approximate surface area is 190 Å². The van der Waals surface area contributed by atoms with Gasteiger partial charge in [-0.25, -0.2) is 4.39 Å². The van der Waals surface area contributed by atoms with Crippen LogP contribution in [0, 0.1) is 11.7 Å². The van der Waals surface area contributed by atoms with Gasteiger partial charge in [-0.2, -0.15) is 0 Å². The highest BCUT2D eigenvalue weighted by molar-refractivity contribution is 5.87. The van der Waals surface area contributed by atoms with E-state index < -0.39 is 5.60 Å². The van der Waals surface area contributed by atoms with Crippen LogP contribution in [0.1, 0.15) is 84.6 Å². The van der Waals surface area contributed by atoms with Crippen LogP contribution in [-0.2, 0) is 4.79 Å². The largest absolute Gasteiger partial charge is 0.487 e. The minimum absolute atomic E-state index is 0.0201. The van der Waals surface area contributed by atoms with Crippen LogP contribution in [0.3, 0.4) is 0 Å². The minimum atomic E-state index is -0.830. The lowest BCUT2D eigenvalue weighted by Gasteiger charge is -2.45. The predicted molar refractivity (Wildman–Crippen MR) is 124 cm³/mol.